The molecule has 2 heterocycles. The van der Waals surface area contributed by atoms with E-state index in [-0.39, 0.29) is 11.1 Å². The third kappa shape index (κ3) is 3.24. The lowest BCUT2D eigenvalue weighted by Gasteiger charge is -2.30. The van der Waals surface area contributed by atoms with Crippen LogP contribution in [0.1, 0.15) is 30.9 Å². The number of methoxy groups -OCH3 is 2. The number of aromatic nitrogens is 1. The van der Waals surface area contributed by atoms with Crippen LogP contribution in [0.2, 0.25) is 0 Å². The van der Waals surface area contributed by atoms with E-state index in [1.54, 1.807) is 19.9 Å². The third-order valence-corrected chi connectivity index (χ3v) is 5.05. The second-order valence-corrected chi connectivity index (χ2v) is 6.87. The number of ether oxygens (including phenoxy) is 2. The normalized spacial score (nSPS) is 19.4. The molecule has 1 aliphatic heterocycles. The van der Waals surface area contributed by atoms with Gasteiger partial charge in [-0.15, -0.1) is 0 Å². The predicted molar refractivity (Wildman–Crippen MR) is 105 cm³/mol. The van der Waals surface area contributed by atoms with Crippen molar-refractivity contribution in [1.29, 1.82) is 0 Å². The standard InChI is InChI=1S/C21H22N2O5/c1-10-6-7-13-9-14(19(24)23-15(13)8-10)18-16(20(25)27-4)11(2)22-12(3)17(18)21(26)28-5/h6-9,16,18H,1-5H3,(H,23,24)/t16?,18-/m0/s1. The van der Waals surface area contributed by atoms with Gasteiger partial charge in [-0.2, -0.15) is 0 Å². The summed E-state index contributed by atoms with van der Waals surface area (Å²) in [5, 5.41) is 0.797. The molecule has 1 unspecified atom stereocenters. The van der Waals surface area contributed by atoms with Gasteiger partial charge in [0, 0.05) is 28.4 Å². The van der Waals surface area contributed by atoms with E-state index >= 15 is 0 Å². The van der Waals surface area contributed by atoms with Crippen LogP contribution in [-0.4, -0.2) is 36.9 Å². The first-order chi connectivity index (χ1) is 13.3. The zero-order chi connectivity index (χ0) is 20.6. The lowest BCUT2D eigenvalue weighted by molar-refractivity contribution is -0.143. The Morgan fingerprint density at radius 3 is 2.43 bits per heavy atom. The number of H-pyrrole nitrogens is 1. The SMILES string of the molecule is COC(=O)C1=C(C)N=C(C)C(C(=O)OC)[C@@H]1c1cc2ccc(C)cc2[nH]c1=O. The van der Waals surface area contributed by atoms with Crippen LogP contribution < -0.4 is 5.56 Å². The van der Waals surface area contributed by atoms with Gasteiger partial charge in [0.15, 0.2) is 0 Å². The first-order valence-corrected chi connectivity index (χ1v) is 8.84. The molecule has 0 fully saturated rings. The van der Waals surface area contributed by atoms with Crippen LogP contribution in [0.15, 0.2) is 45.3 Å². The molecule has 1 aromatic carbocycles. The summed E-state index contributed by atoms with van der Waals surface area (Å²) in [6.07, 6.45) is 0. The zero-order valence-electron chi connectivity index (χ0n) is 16.5. The van der Waals surface area contributed by atoms with Crippen molar-refractivity contribution in [2.75, 3.05) is 14.2 Å². The van der Waals surface area contributed by atoms with Crippen molar-refractivity contribution in [3.8, 4) is 0 Å². The molecule has 0 saturated carbocycles. The van der Waals surface area contributed by atoms with Crippen LogP contribution >= 0.6 is 0 Å². The van der Waals surface area contributed by atoms with E-state index in [0.717, 1.165) is 10.9 Å². The number of aliphatic imine (C=N–C) groups is 1. The minimum atomic E-state index is -0.896. The molecule has 0 bridgehead atoms. The molecular weight excluding hydrogens is 360 g/mol. The lowest BCUT2D eigenvalue weighted by atomic mass is 9.75. The Hall–Kier alpha value is -3.22. The highest BCUT2D eigenvalue weighted by Gasteiger charge is 2.43. The van der Waals surface area contributed by atoms with Crippen molar-refractivity contribution in [2.24, 2.45) is 10.9 Å². The van der Waals surface area contributed by atoms with Crippen molar-refractivity contribution >= 4 is 28.6 Å². The number of esters is 2. The van der Waals surface area contributed by atoms with Gasteiger partial charge < -0.3 is 14.5 Å². The summed E-state index contributed by atoms with van der Waals surface area (Å²) >= 11 is 0. The molecule has 28 heavy (non-hydrogen) atoms. The van der Waals surface area contributed by atoms with Gasteiger partial charge in [-0.05, 0) is 43.9 Å². The fourth-order valence-corrected chi connectivity index (χ4v) is 3.74. The maximum atomic E-state index is 12.9. The zero-order valence-corrected chi connectivity index (χ0v) is 16.5. The summed E-state index contributed by atoms with van der Waals surface area (Å²) in [5.74, 6) is -2.95. The molecule has 1 aromatic heterocycles. The van der Waals surface area contributed by atoms with Gasteiger partial charge >= 0.3 is 11.9 Å². The molecular formula is C21H22N2O5. The predicted octanol–water partition coefficient (Wildman–Crippen LogP) is 2.63. The van der Waals surface area contributed by atoms with E-state index in [2.05, 4.69) is 9.98 Å². The lowest BCUT2D eigenvalue weighted by Crippen LogP contribution is -2.38. The van der Waals surface area contributed by atoms with E-state index in [0.29, 0.717) is 22.5 Å². The molecule has 1 aliphatic rings. The number of nitrogens with zero attached hydrogens (tertiary/aromatic N) is 1. The van der Waals surface area contributed by atoms with Gasteiger partial charge in [-0.25, -0.2) is 4.79 Å². The Bertz CT molecular complexity index is 1090. The topological polar surface area (TPSA) is 97.8 Å². The molecule has 7 heteroatoms. The summed E-state index contributed by atoms with van der Waals surface area (Å²) in [7, 11) is 2.52. The average Bonchev–Trinajstić information content (AvgIpc) is 2.65. The number of rotatable bonds is 3. The Balaban J connectivity index is 2.31. The first kappa shape index (κ1) is 19.5. The summed E-state index contributed by atoms with van der Waals surface area (Å²) in [5.41, 5.74) is 2.69. The third-order valence-electron chi connectivity index (χ3n) is 5.05. The van der Waals surface area contributed by atoms with Crippen molar-refractivity contribution in [3.63, 3.8) is 0 Å². The molecule has 0 aliphatic carbocycles. The molecule has 0 amide bonds. The maximum Gasteiger partial charge on any atom is 0.336 e. The largest absolute Gasteiger partial charge is 0.468 e. The van der Waals surface area contributed by atoms with Gasteiger partial charge in [-0.3, -0.25) is 14.6 Å². The summed E-state index contributed by atoms with van der Waals surface area (Å²) in [4.78, 5) is 45.2. The number of carbonyl (C=O) groups excluding carboxylic acids is 2. The summed E-state index contributed by atoms with van der Waals surface area (Å²) in [6.45, 7) is 5.28. The van der Waals surface area contributed by atoms with Gasteiger partial charge in [0.1, 0.15) is 5.92 Å². The van der Waals surface area contributed by atoms with Crippen LogP contribution in [-0.2, 0) is 19.1 Å². The highest BCUT2D eigenvalue weighted by atomic mass is 16.5. The Labute approximate surface area is 162 Å². The number of hydrogen-bond donors (Lipinski definition) is 1. The molecule has 2 atom stereocenters. The number of carbonyl (C=O) groups is 2. The van der Waals surface area contributed by atoms with Gasteiger partial charge in [-0.1, -0.05) is 12.1 Å². The minimum absolute atomic E-state index is 0.181. The van der Waals surface area contributed by atoms with E-state index < -0.39 is 23.8 Å². The van der Waals surface area contributed by atoms with Crippen molar-refractivity contribution < 1.29 is 19.1 Å². The molecule has 146 valence electrons. The summed E-state index contributed by atoms with van der Waals surface area (Å²) in [6, 6.07) is 7.39. The monoisotopic (exact) mass is 382 g/mol. The van der Waals surface area contributed by atoms with Crippen molar-refractivity contribution in [1.82, 2.24) is 4.98 Å². The molecule has 0 spiro atoms. The quantitative estimate of drug-likeness (QED) is 0.823. The van der Waals surface area contributed by atoms with Crippen LogP contribution in [0.25, 0.3) is 10.9 Å². The Morgan fingerprint density at radius 1 is 1.07 bits per heavy atom. The maximum absolute atomic E-state index is 12.9. The highest BCUT2D eigenvalue weighted by molar-refractivity contribution is 6.07. The number of allylic oxidation sites excluding steroid dienone is 1. The van der Waals surface area contributed by atoms with Gasteiger partial charge in [0.05, 0.1) is 19.8 Å². The number of aromatic amines is 1. The van der Waals surface area contributed by atoms with Crippen LogP contribution in [0.3, 0.4) is 0 Å². The van der Waals surface area contributed by atoms with Gasteiger partial charge in [0.2, 0.25) is 0 Å². The van der Waals surface area contributed by atoms with Crippen LogP contribution in [0.4, 0.5) is 0 Å². The second-order valence-electron chi connectivity index (χ2n) is 6.87. The van der Waals surface area contributed by atoms with E-state index in [4.69, 9.17) is 9.47 Å². The molecule has 0 radical (unpaired) electrons. The fraction of sp³-hybridized carbons (Fsp3) is 0.333. The molecule has 7 nitrogen and oxygen atoms in total. The smallest absolute Gasteiger partial charge is 0.336 e. The Morgan fingerprint density at radius 2 is 1.79 bits per heavy atom. The van der Waals surface area contributed by atoms with Crippen LogP contribution in [0, 0.1) is 12.8 Å². The minimum Gasteiger partial charge on any atom is -0.468 e. The highest BCUT2D eigenvalue weighted by Crippen LogP contribution is 2.39. The summed E-state index contributed by atoms with van der Waals surface area (Å²) < 4.78 is 9.87. The second kappa shape index (κ2) is 7.42. The number of hydrogen-bond acceptors (Lipinski definition) is 6. The molecule has 0 saturated heterocycles. The van der Waals surface area contributed by atoms with Crippen molar-refractivity contribution in [2.45, 2.75) is 26.7 Å². The van der Waals surface area contributed by atoms with E-state index in [1.165, 1.54) is 14.2 Å². The number of aryl methyl sites for hydroxylation is 1. The number of nitrogens with one attached hydrogen (secondary N) is 1. The van der Waals surface area contributed by atoms with E-state index in [9.17, 15) is 14.4 Å². The van der Waals surface area contributed by atoms with E-state index in [1.807, 2.05) is 25.1 Å². The number of fused-ring (bicyclic) bond motifs is 1. The van der Waals surface area contributed by atoms with Gasteiger partial charge in [0.25, 0.3) is 5.56 Å². The van der Waals surface area contributed by atoms with Crippen LogP contribution in [0.5, 0.6) is 0 Å². The first-order valence-electron chi connectivity index (χ1n) is 8.84. The number of benzene rings is 1. The molecule has 1 N–H and O–H groups in total. The molecule has 3 rings (SSSR count). The number of pyridine rings is 1. The molecule has 2 aromatic rings. The fourth-order valence-electron chi connectivity index (χ4n) is 3.74. The average molecular weight is 382 g/mol. The van der Waals surface area contributed by atoms with Crippen molar-refractivity contribution in [3.05, 3.63) is 57.0 Å². The Kier molecular flexibility index (Phi) is 5.18.